The van der Waals surface area contributed by atoms with E-state index in [9.17, 15) is 9.59 Å². The molecule has 1 aliphatic heterocycles. The largest absolute Gasteiger partial charge is 0.444 e. The minimum absolute atomic E-state index is 0.0479. The Labute approximate surface area is 188 Å². The number of piperazine rings is 1. The van der Waals surface area contributed by atoms with Crippen molar-refractivity contribution in [3.05, 3.63) is 40.0 Å². The second-order valence-electron chi connectivity index (χ2n) is 9.56. The van der Waals surface area contributed by atoms with E-state index in [1.165, 1.54) is 0 Å². The zero-order valence-electron chi connectivity index (χ0n) is 18.7. The first-order valence-corrected chi connectivity index (χ1v) is 11.4. The summed E-state index contributed by atoms with van der Waals surface area (Å²) in [7, 11) is 0. The molecule has 1 atom stereocenters. The Hall–Kier alpha value is -2.34. The summed E-state index contributed by atoms with van der Waals surface area (Å²) in [5, 5.41) is 1.68. The smallest absolute Gasteiger partial charge is 0.410 e. The molecule has 2 aliphatic rings. The molecule has 1 aliphatic carbocycles. The molecule has 2 heterocycles. The Morgan fingerprint density at radius 2 is 1.90 bits per heavy atom. The molecule has 0 bridgehead atoms. The monoisotopic (exact) mass is 443 g/mol. The van der Waals surface area contributed by atoms with Gasteiger partial charge in [0.2, 0.25) is 0 Å². The molecule has 1 fully saturated rings. The van der Waals surface area contributed by atoms with E-state index in [0.717, 1.165) is 52.9 Å². The van der Waals surface area contributed by atoms with E-state index in [1.807, 2.05) is 45.9 Å². The lowest BCUT2D eigenvalue weighted by Gasteiger charge is -2.40. The van der Waals surface area contributed by atoms with Crippen LogP contribution in [0.1, 0.15) is 62.2 Å². The van der Waals surface area contributed by atoms with Crippen LogP contribution < -0.4 is 0 Å². The number of fused-ring (bicyclic) bond motifs is 2. The third-order valence-corrected chi connectivity index (χ3v) is 6.41. The number of aryl methyl sites for hydroxylation is 1. The highest BCUT2D eigenvalue weighted by Gasteiger charge is 2.33. The second kappa shape index (κ2) is 8.30. The van der Waals surface area contributed by atoms with Crippen LogP contribution in [0, 0.1) is 0 Å². The quantitative estimate of drug-likeness (QED) is 0.632. The summed E-state index contributed by atoms with van der Waals surface area (Å²) in [4.78, 5) is 34.0. The number of nitrogens with zero attached hydrogens (tertiary/aromatic N) is 3. The predicted octanol–water partition coefficient (Wildman–Crippen LogP) is 4.85. The molecule has 0 spiro atoms. The van der Waals surface area contributed by atoms with E-state index in [4.69, 9.17) is 21.3 Å². The molecule has 4 rings (SSSR count). The van der Waals surface area contributed by atoms with Crippen molar-refractivity contribution in [2.75, 3.05) is 19.6 Å². The molecule has 1 aromatic heterocycles. The van der Waals surface area contributed by atoms with E-state index in [0.29, 0.717) is 25.2 Å². The van der Waals surface area contributed by atoms with Gasteiger partial charge in [-0.15, -0.1) is 0 Å². The Morgan fingerprint density at radius 3 is 2.61 bits per heavy atom. The minimum atomic E-state index is -0.539. The normalized spacial score (nSPS) is 19.3. The zero-order chi connectivity index (χ0) is 22.3. The number of halogens is 1. The summed E-state index contributed by atoms with van der Waals surface area (Å²) in [6.45, 7) is 8.89. The standard InChI is InChI=1S/C24H30ClN3O3/c1-15-14-27(11-12-28(15)23(30)31-24(2,3)4)22(29)16-9-10-18-20(13-16)26-19-8-6-5-7-17(19)21(18)25/h9-10,13,15H,5-8,11-12,14H2,1-4H3. The lowest BCUT2D eigenvalue weighted by Crippen LogP contribution is -2.56. The van der Waals surface area contributed by atoms with Crippen molar-refractivity contribution in [3.8, 4) is 0 Å². The Kier molecular flexibility index (Phi) is 5.86. The maximum Gasteiger partial charge on any atom is 0.410 e. The van der Waals surface area contributed by atoms with Crippen molar-refractivity contribution in [3.63, 3.8) is 0 Å². The van der Waals surface area contributed by atoms with Crippen molar-refractivity contribution in [1.82, 2.24) is 14.8 Å². The van der Waals surface area contributed by atoms with Gasteiger partial charge in [0.25, 0.3) is 5.91 Å². The van der Waals surface area contributed by atoms with Gasteiger partial charge in [0.05, 0.1) is 10.5 Å². The van der Waals surface area contributed by atoms with Gasteiger partial charge >= 0.3 is 6.09 Å². The molecule has 0 saturated carbocycles. The highest BCUT2D eigenvalue weighted by Crippen LogP contribution is 2.33. The third-order valence-electron chi connectivity index (χ3n) is 5.98. The third kappa shape index (κ3) is 4.49. The Morgan fingerprint density at radius 1 is 1.16 bits per heavy atom. The van der Waals surface area contributed by atoms with Crippen LogP contribution in [0.25, 0.3) is 10.9 Å². The number of benzene rings is 1. The van der Waals surface area contributed by atoms with Crippen LogP contribution >= 0.6 is 11.6 Å². The molecule has 1 unspecified atom stereocenters. The predicted molar refractivity (Wildman–Crippen MR) is 122 cm³/mol. The summed E-state index contributed by atoms with van der Waals surface area (Å²) >= 11 is 6.67. The van der Waals surface area contributed by atoms with Gasteiger partial charge in [-0.3, -0.25) is 9.78 Å². The number of rotatable bonds is 1. The fourth-order valence-corrected chi connectivity index (χ4v) is 4.78. The summed E-state index contributed by atoms with van der Waals surface area (Å²) in [6, 6.07) is 5.47. The lowest BCUT2D eigenvalue weighted by molar-refractivity contribution is 0.00199. The van der Waals surface area contributed by atoms with Crippen LogP contribution in [0.15, 0.2) is 18.2 Å². The fraction of sp³-hybridized carbons (Fsp3) is 0.542. The van der Waals surface area contributed by atoms with Crippen LogP contribution in [0.4, 0.5) is 4.79 Å². The molecule has 1 saturated heterocycles. The van der Waals surface area contributed by atoms with Gasteiger partial charge in [-0.1, -0.05) is 17.7 Å². The first-order chi connectivity index (χ1) is 14.6. The van der Waals surface area contributed by atoms with Crippen LogP contribution in [0.2, 0.25) is 5.02 Å². The average Bonchev–Trinajstić information content (AvgIpc) is 2.71. The number of hydrogen-bond acceptors (Lipinski definition) is 4. The van der Waals surface area contributed by atoms with E-state index in [1.54, 1.807) is 9.80 Å². The van der Waals surface area contributed by atoms with Crippen molar-refractivity contribution in [2.24, 2.45) is 0 Å². The van der Waals surface area contributed by atoms with Crippen molar-refractivity contribution < 1.29 is 14.3 Å². The van der Waals surface area contributed by atoms with Gasteiger partial charge in [-0.05, 0) is 71.1 Å². The Balaban J connectivity index is 1.51. The summed E-state index contributed by atoms with van der Waals surface area (Å²) in [5.74, 6) is -0.0479. The molecular formula is C24H30ClN3O3. The van der Waals surface area contributed by atoms with Gasteiger partial charge in [-0.2, -0.15) is 0 Å². The maximum absolute atomic E-state index is 13.2. The average molecular weight is 444 g/mol. The molecule has 1 aromatic carbocycles. The number of amides is 2. The molecule has 7 heteroatoms. The molecule has 6 nitrogen and oxygen atoms in total. The van der Waals surface area contributed by atoms with E-state index in [-0.39, 0.29) is 18.0 Å². The summed E-state index contributed by atoms with van der Waals surface area (Å²) in [5.41, 5.74) is 3.06. The number of pyridine rings is 1. The van der Waals surface area contributed by atoms with Crippen LogP contribution in [-0.2, 0) is 17.6 Å². The minimum Gasteiger partial charge on any atom is -0.444 e. The van der Waals surface area contributed by atoms with Crippen molar-refractivity contribution >= 4 is 34.5 Å². The fourth-order valence-electron chi connectivity index (χ4n) is 4.42. The molecule has 2 aromatic rings. The van der Waals surface area contributed by atoms with Crippen LogP contribution in [0.5, 0.6) is 0 Å². The topological polar surface area (TPSA) is 62.7 Å². The Bertz CT molecular complexity index is 1030. The number of aromatic nitrogens is 1. The molecule has 166 valence electrons. The number of carbonyl (C=O) groups excluding carboxylic acids is 2. The number of carbonyl (C=O) groups is 2. The molecule has 0 N–H and O–H groups in total. The van der Waals surface area contributed by atoms with E-state index < -0.39 is 5.60 Å². The van der Waals surface area contributed by atoms with Gasteiger partial charge in [0.1, 0.15) is 5.60 Å². The van der Waals surface area contributed by atoms with Crippen LogP contribution in [-0.4, -0.2) is 58.1 Å². The molecule has 31 heavy (non-hydrogen) atoms. The van der Waals surface area contributed by atoms with E-state index in [2.05, 4.69) is 0 Å². The number of hydrogen-bond donors (Lipinski definition) is 0. The highest BCUT2D eigenvalue weighted by atomic mass is 35.5. The van der Waals surface area contributed by atoms with Crippen molar-refractivity contribution in [2.45, 2.75) is 65.0 Å². The summed E-state index contributed by atoms with van der Waals surface area (Å²) in [6.07, 6.45) is 3.84. The molecular weight excluding hydrogens is 414 g/mol. The molecule has 2 amide bonds. The second-order valence-corrected chi connectivity index (χ2v) is 9.94. The van der Waals surface area contributed by atoms with Gasteiger partial charge in [0.15, 0.2) is 0 Å². The van der Waals surface area contributed by atoms with Crippen molar-refractivity contribution in [1.29, 1.82) is 0 Å². The van der Waals surface area contributed by atoms with Crippen LogP contribution in [0.3, 0.4) is 0 Å². The zero-order valence-corrected chi connectivity index (χ0v) is 19.5. The lowest BCUT2D eigenvalue weighted by atomic mass is 9.94. The SMILES string of the molecule is CC1CN(C(=O)c2ccc3c(Cl)c4c(nc3c2)CCCC4)CCN1C(=O)OC(C)(C)C. The first kappa shape index (κ1) is 21.9. The van der Waals surface area contributed by atoms with Gasteiger partial charge < -0.3 is 14.5 Å². The molecule has 0 radical (unpaired) electrons. The highest BCUT2D eigenvalue weighted by molar-refractivity contribution is 6.36. The maximum atomic E-state index is 13.2. The summed E-state index contributed by atoms with van der Waals surface area (Å²) < 4.78 is 5.50. The van der Waals surface area contributed by atoms with Gasteiger partial charge in [0, 0.05) is 42.3 Å². The number of ether oxygens (including phenoxy) is 1. The first-order valence-electron chi connectivity index (χ1n) is 11.0. The van der Waals surface area contributed by atoms with E-state index >= 15 is 0 Å². The van der Waals surface area contributed by atoms with Gasteiger partial charge in [-0.25, -0.2) is 4.79 Å².